The molecule has 2 nitrogen and oxygen atoms in total. The van der Waals surface area contributed by atoms with Gasteiger partial charge in [-0.15, -0.1) is 0 Å². The standard InChI is InChI=1S/C11H18O2S/c1-6(2)14-10-5-7-3-8(10)9(4-7)11(12)13/h6-10H,3-5H2,1-2H3,(H,12,13). The molecule has 2 rings (SSSR count). The zero-order valence-electron chi connectivity index (χ0n) is 8.77. The predicted molar refractivity (Wildman–Crippen MR) is 58.5 cm³/mol. The molecule has 0 aliphatic heterocycles. The fourth-order valence-corrected chi connectivity index (χ4v) is 4.66. The summed E-state index contributed by atoms with van der Waals surface area (Å²) in [5, 5.41) is 10.3. The van der Waals surface area contributed by atoms with Crippen LogP contribution in [0.25, 0.3) is 0 Å². The molecule has 0 spiro atoms. The first-order valence-electron chi connectivity index (χ1n) is 5.46. The molecule has 0 aromatic rings. The fraction of sp³-hybridized carbons (Fsp3) is 0.909. The summed E-state index contributed by atoms with van der Waals surface area (Å²) in [5.74, 6) is 0.568. The molecular formula is C11H18O2S. The van der Waals surface area contributed by atoms with E-state index in [0.29, 0.717) is 22.3 Å². The Kier molecular flexibility index (Phi) is 2.78. The summed E-state index contributed by atoms with van der Waals surface area (Å²) in [6.45, 7) is 4.40. The third kappa shape index (κ3) is 1.79. The third-order valence-electron chi connectivity index (χ3n) is 3.52. The largest absolute Gasteiger partial charge is 0.481 e. The Morgan fingerprint density at radius 1 is 1.36 bits per heavy atom. The highest BCUT2D eigenvalue weighted by atomic mass is 32.2. The summed E-state index contributed by atoms with van der Waals surface area (Å²) in [6, 6.07) is 0. The van der Waals surface area contributed by atoms with Crippen molar-refractivity contribution in [3.8, 4) is 0 Å². The van der Waals surface area contributed by atoms with Crippen molar-refractivity contribution in [2.75, 3.05) is 0 Å². The van der Waals surface area contributed by atoms with Gasteiger partial charge in [-0.3, -0.25) is 4.79 Å². The van der Waals surface area contributed by atoms with E-state index in [1.807, 2.05) is 11.8 Å². The molecule has 4 atom stereocenters. The summed E-state index contributed by atoms with van der Waals surface area (Å²) < 4.78 is 0. The molecule has 0 aromatic heterocycles. The number of hydrogen-bond donors (Lipinski definition) is 1. The Balaban J connectivity index is 2.00. The Labute approximate surface area is 89.5 Å². The number of thioether (sulfide) groups is 1. The van der Waals surface area contributed by atoms with Crippen LogP contribution in [0.3, 0.4) is 0 Å². The summed E-state index contributed by atoms with van der Waals surface area (Å²) in [6.07, 6.45) is 3.37. The van der Waals surface area contributed by atoms with Gasteiger partial charge in [0, 0.05) is 5.25 Å². The zero-order valence-corrected chi connectivity index (χ0v) is 9.59. The molecule has 2 fully saturated rings. The number of aliphatic carboxylic acids is 1. The number of fused-ring (bicyclic) bond motifs is 2. The van der Waals surface area contributed by atoms with Gasteiger partial charge in [-0.2, -0.15) is 11.8 Å². The van der Waals surface area contributed by atoms with E-state index in [-0.39, 0.29) is 5.92 Å². The lowest BCUT2D eigenvalue weighted by Crippen LogP contribution is -2.29. The van der Waals surface area contributed by atoms with E-state index in [9.17, 15) is 4.79 Å². The SMILES string of the molecule is CC(C)SC1CC2CC(C(=O)O)C1C2. The molecule has 2 bridgehead atoms. The maximum absolute atomic E-state index is 11.0. The number of rotatable bonds is 3. The van der Waals surface area contributed by atoms with Crippen LogP contribution < -0.4 is 0 Å². The molecule has 80 valence electrons. The highest BCUT2D eigenvalue weighted by Gasteiger charge is 2.49. The molecule has 0 heterocycles. The van der Waals surface area contributed by atoms with Gasteiger partial charge in [0.05, 0.1) is 5.92 Å². The third-order valence-corrected chi connectivity index (χ3v) is 4.95. The van der Waals surface area contributed by atoms with E-state index in [1.165, 1.54) is 12.8 Å². The first kappa shape index (κ1) is 10.3. The van der Waals surface area contributed by atoms with E-state index in [0.717, 1.165) is 6.42 Å². The molecule has 2 saturated carbocycles. The van der Waals surface area contributed by atoms with Crippen LogP contribution in [0.5, 0.6) is 0 Å². The summed E-state index contributed by atoms with van der Waals surface area (Å²) >= 11 is 1.98. The minimum absolute atomic E-state index is 0.0370. The van der Waals surface area contributed by atoms with Gasteiger partial charge >= 0.3 is 5.97 Å². The van der Waals surface area contributed by atoms with Crippen LogP contribution in [-0.4, -0.2) is 21.6 Å². The van der Waals surface area contributed by atoms with Crippen molar-refractivity contribution in [1.82, 2.24) is 0 Å². The van der Waals surface area contributed by atoms with Gasteiger partial charge in [0.15, 0.2) is 0 Å². The summed E-state index contributed by atoms with van der Waals surface area (Å²) in [5.41, 5.74) is 0. The number of carbonyl (C=O) groups is 1. The molecule has 0 radical (unpaired) electrons. The van der Waals surface area contributed by atoms with Crippen LogP contribution >= 0.6 is 11.8 Å². The Bertz CT molecular complexity index is 239. The van der Waals surface area contributed by atoms with Crippen molar-refractivity contribution in [2.24, 2.45) is 17.8 Å². The molecular weight excluding hydrogens is 196 g/mol. The average Bonchev–Trinajstić information content (AvgIpc) is 2.60. The molecule has 0 amide bonds. The quantitative estimate of drug-likeness (QED) is 0.784. The lowest BCUT2D eigenvalue weighted by molar-refractivity contribution is -0.143. The fourth-order valence-electron chi connectivity index (χ4n) is 3.08. The average molecular weight is 214 g/mol. The first-order chi connectivity index (χ1) is 6.58. The molecule has 14 heavy (non-hydrogen) atoms. The highest BCUT2D eigenvalue weighted by Crippen LogP contribution is 2.53. The monoisotopic (exact) mass is 214 g/mol. The van der Waals surface area contributed by atoms with Gasteiger partial charge in [0.2, 0.25) is 0 Å². The van der Waals surface area contributed by atoms with E-state index in [1.54, 1.807) is 0 Å². The van der Waals surface area contributed by atoms with Gasteiger partial charge in [0.25, 0.3) is 0 Å². The van der Waals surface area contributed by atoms with Crippen molar-refractivity contribution < 1.29 is 9.90 Å². The maximum Gasteiger partial charge on any atom is 0.306 e. The molecule has 2 aliphatic rings. The number of carboxylic acid groups (broad SMARTS) is 1. The van der Waals surface area contributed by atoms with Crippen molar-refractivity contribution in [1.29, 1.82) is 0 Å². The second kappa shape index (κ2) is 3.76. The topological polar surface area (TPSA) is 37.3 Å². The Morgan fingerprint density at radius 3 is 2.57 bits per heavy atom. The van der Waals surface area contributed by atoms with Crippen LogP contribution in [0, 0.1) is 17.8 Å². The number of hydrogen-bond acceptors (Lipinski definition) is 2. The second-order valence-corrected chi connectivity index (χ2v) is 6.73. The maximum atomic E-state index is 11.0. The smallest absolute Gasteiger partial charge is 0.306 e. The van der Waals surface area contributed by atoms with E-state index < -0.39 is 5.97 Å². The van der Waals surface area contributed by atoms with E-state index >= 15 is 0 Å². The molecule has 0 aromatic carbocycles. The van der Waals surface area contributed by atoms with Crippen molar-refractivity contribution in [2.45, 2.75) is 43.6 Å². The van der Waals surface area contributed by atoms with Crippen LogP contribution in [0.1, 0.15) is 33.1 Å². The van der Waals surface area contributed by atoms with Crippen molar-refractivity contribution in [3.05, 3.63) is 0 Å². The van der Waals surface area contributed by atoms with E-state index in [4.69, 9.17) is 5.11 Å². The van der Waals surface area contributed by atoms with Gasteiger partial charge in [-0.05, 0) is 36.3 Å². The van der Waals surface area contributed by atoms with Crippen LogP contribution in [0.4, 0.5) is 0 Å². The van der Waals surface area contributed by atoms with Gasteiger partial charge in [-0.25, -0.2) is 0 Å². The predicted octanol–water partition coefficient (Wildman–Crippen LogP) is 2.63. The van der Waals surface area contributed by atoms with Crippen LogP contribution in [0.15, 0.2) is 0 Å². The molecule has 1 N–H and O–H groups in total. The van der Waals surface area contributed by atoms with Crippen LogP contribution in [-0.2, 0) is 4.79 Å². The molecule has 4 unspecified atom stereocenters. The van der Waals surface area contributed by atoms with Gasteiger partial charge in [-0.1, -0.05) is 13.8 Å². The normalized spacial score (nSPS) is 40.8. The number of carboxylic acids is 1. The minimum atomic E-state index is -0.563. The summed E-state index contributed by atoms with van der Waals surface area (Å²) in [7, 11) is 0. The molecule has 2 aliphatic carbocycles. The minimum Gasteiger partial charge on any atom is -0.481 e. The Morgan fingerprint density at radius 2 is 2.07 bits per heavy atom. The molecule has 3 heteroatoms. The van der Waals surface area contributed by atoms with Gasteiger partial charge in [0.1, 0.15) is 0 Å². The van der Waals surface area contributed by atoms with Crippen LogP contribution in [0.2, 0.25) is 0 Å². The molecule has 0 saturated heterocycles. The first-order valence-corrected chi connectivity index (χ1v) is 6.40. The van der Waals surface area contributed by atoms with E-state index in [2.05, 4.69) is 13.8 Å². The van der Waals surface area contributed by atoms with Crippen molar-refractivity contribution in [3.63, 3.8) is 0 Å². The lowest BCUT2D eigenvalue weighted by atomic mass is 9.88. The lowest BCUT2D eigenvalue weighted by Gasteiger charge is -2.27. The highest BCUT2D eigenvalue weighted by molar-refractivity contribution is 8.00. The Hall–Kier alpha value is -0.180. The second-order valence-electron chi connectivity index (χ2n) is 4.91. The zero-order chi connectivity index (χ0) is 10.3. The van der Waals surface area contributed by atoms with Gasteiger partial charge < -0.3 is 5.11 Å². The van der Waals surface area contributed by atoms with Crippen molar-refractivity contribution >= 4 is 17.7 Å². The summed E-state index contributed by atoms with van der Waals surface area (Å²) in [4.78, 5) is 11.0.